The average molecular weight is 848 g/mol. The van der Waals surface area contributed by atoms with E-state index in [1.54, 1.807) is 0 Å². The van der Waals surface area contributed by atoms with E-state index >= 15 is 0 Å². The normalized spacial score (nSPS) is 13.2. The minimum Gasteiger partial charge on any atom is -0.462 e. The number of allylic oxidation sites excluding steroid dienone is 2. The summed E-state index contributed by atoms with van der Waals surface area (Å²) >= 11 is 0. The maximum atomic E-state index is 13.2. The van der Waals surface area contributed by atoms with Gasteiger partial charge in [-0.15, -0.1) is 0 Å². The van der Waals surface area contributed by atoms with Crippen molar-refractivity contribution >= 4 is 11.9 Å². The Morgan fingerprint density at radius 2 is 0.800 bits per heavy atom. The number of rotatable bonds is 49. The van der Waals surface area contributed by atoms with Crippen molar-refractivity contribution in [2.45, 2.75) is 315 Å². The summed E-state index contributed by atoms with van der Waals surface area (Å²) < 4.78 is 5.93. The third kappa shape index (κ3) is 43.3. The van der Waals surface area contributed by atoms with Crippen LogP contribution in [0.2, 0.25) is 0 Å². The molecule has 0 aromatic rings. The number of carbonyl (C=O) groups is 2. The van der Waals surface area contributed by atoms with Crippen LogP contribution < -0.4 is 5.32 Å². The molecule has 6 heteroatoms. The number of esters is 1. The second kappa shape index (κ2) is 48.6. The van der Waals surface area contributed by atoms with Crippen LogP contribution in [0.3, 0.4) is 0 Å². The number of amides is 1. The van der Waals surface area contributed by atoms with Gasteiger partial charge in [-0.2, -0.15) is 0 Å². The molecule has 3 atom stereocenters. The van der Waals surface area contributed by atoms with E-state index in [-0.39, 0.29) is 24.9 Å². The van der Waals surface area contributed by atoms with E-state index in [2.05, 4.69) is 38.2 Å². The lowest BCUT2D eigenvalue weighted by atomic mass is 10.0. The standard InChI is InChI=1S/C54H105NO5/c1-4-7-10-13-16-19-22-24-26-27-28-29-31-33-36-39-42-45-50(60-54(59)47-44-41-38-35-21-18-15-12-9-6-3)48-53(58)55-51(49-56)52(57)46-43-40-37-34-32-30-25-23-20-17-14-11-8-5-2/h24,26,50-52,56-57H,4-23,25,27-49H2,1-3H3,(H,55,58)/b26-24+. The predicted molar refractivity (Wildman–Crippen MR) is 260 cm³/mol. The molecule has 0 aromatic carbocycles. The first kappa shape index (κ1) is 58.6. The second-order valence-electron chi connectivity index (χ2n) is 18.6. The monoisotopic (exact) mass is 848 g/mol. The molecule has 0 rings (SSSR count). The molecule has 0 aromatic heterocycles. The first-order valence-corrected chi connectivity index (χ1v) is 26.9. The van der Waals surface area contributed by atoms with Crippen LogP contribution in [-0.2, 0) is 14.3 Å². The summed E-state index contributed by atoms with van der Waals surface area (Å²) in [6, 6.07) is -0.696. The molecule has 0 aliphatic heterocycles. The van der Waals surface area contributed by atoms with E-state index < -0.39 is 18.2 Å². The Hall–Kier alpha value is -1.40. The molecular weight excluding hydrogens is 743 g/mol. The van der Waals surface area contributed by atoms with Gasteiger partial charge in [-0.1, -0.05) is 245 Å². The van der Waals surface area contributed by atoms with Gasteiger partial charge in [-0.3, -0.25) is 9.59 Å². The maximum absolute atomic E-state index is 13.2. The quantitative estimate of drug-likeness (QED) is 0.0322. The number of hydrogen-bond acceptors (Lipinski definition) is 5. The van der Waals surface area contributed by atoms with Crippen LogP contribution >= 0.6 is 0 Å². The van der Waals surface area contributed by atoms with Crippen molar-refractivity contribution in [3.8, 4) is 0 Å². The first-order chi connectivity index (χ1) is 29.5. The third-order valence-electron chi connectivity index (χ3n) is 12.6. The molecule has 60 heavy (non-hydrogen) atoms. The van der Waals surface area contributed by atoms with Gasteiger partial charge in [0.05, 0.1) is 25.2 Å². The van der Waals surface area contributed by atoms with Crippen molar-refractivity contribution in [3.05, 3.63) is 12.2 Å². The second-order valence-corrected chi connectivity index (χ2v) is 18.6. The van der Waals surface area contributed by atoms with Gasteiger partial charge in [0.25, 0.3) is 0 Å². The molecule has 0 heterocycles. The number of unbranched alkanes of at least 4 members (excludes halogenated alkanes) is 35. The van der Waals surface area contributed by atoms with Gasteiger partial charge in [-0.05, 0) is 51.4 Å². The van der Waals surface area contributed by atoms with Crippen LogP contribution in [0.4, 0.5) is 0 Å². The zero-order chi connectivity index (χ0) is 43.8. The summed E-state index contributed by atoms with van der Waals surface area (Å²) in [5, 5.41) is 23.8. The van der Waals surface area contributed by atoms with Crippen molar-refractivity contribution in [3.63, 3.8) is 0 Å². The minimum atomic E-state index is -0.783. The largest absolute Gasteiger partial charge is 0.462 e. The van der Waals surface area contributed by atoms with E-state index in [4.69, 9.17) is 4.74 Å². The summed E-state index contributed by atoms with van der Waals surface area (Å²) in [6.45, 7) is 6.50. The Kier molecular flexibility index (Phi) is 47.5. The number of ether oxygens (including phenoxy) is 1. The van der Waals surface area contributed by atoms with Crippen LogP contribution in [0, 0.1) is 0 Å². The molecule has 0 saturated heterocycles. The van der Waals surface area contributed by atoms with Crippen molar-refractivity contribution in [1.29, 1.82) is 0 Å². The molecule has 0 bridgehead atoms. The molecule has 356 valence electrons. The molecule has 3 N–H and O–H groups in total. The van der Waals surface area contributed by atoms with Crippen molar-refractivity contribution in [2.24, 2.45) is 0 Å². The summed E-state index contributed by atoms with van der Waals surface area (Å²) in [7, 11) is 0. The van der Waals surface area contributed by atoms with Crippen LogP contribution in [0.5, 0.6) is 0 Å². The van der Waals surface area contributed by atoms with Crippen LogP contribution in [0.1, 0.15) is 297 Å². The fraction of sp³-hybridized carbons (Fsp3) is 0.926. The zero-order valence-electron chi connectivity index (χ0n) is 40.6. The topological polar surface area (TPSA) is 95.9 Å². The van der Waals surface area contributed by atoms with E-state index in [9.17, 15) is 19.8 Å². The van der Waals surface area contributed by atoms with Gasteiger partial charge in [0.1, 0.15) is 6.10 Å². The first-order valence-electron chi connectivity index (χ1n) is 26.9. The van der Waals surface area contributed by atoms with Gasteiger partial charge < -0.3 is 20.3 Å². The van der Waals surface area contributed by atoms with Gasteiger partial charge in [0, 0.05) is 6.42 Å². The molecule has 0 radical (unpaired) electrons. The zero-order valence-corrected chi connectivity index (χ0v) is 40.6. The number of aliphatic hydroxyl groups is 2. The van der Waals surface area contributed by atoms with E-state index in [1.165, 1.54) is 199 Å². The van der Waals surface area contributed by atoms with Gasteiger partial charge in [0.2, 0.25) is 5.91 Å². The van der Waals surface area contributed by atoms with Crippen molar-refractivity contribution in [1.82, 2.24) is 5.32 Å². The maximum Gasteiger partial charge on any atom is 0.306 e. The highest BCUT2D eigenvalue weighted by molar-refractivity contribution is 5.77. The highest BCUT2D eigenvalue weighted by atomic mass is 16.5. The Bertz CT molecular complexity index is 909. The summed E-state index contributed by atoms with van der Waals surface area (Å²) in [6.07, 6.45) is 54.1. The fourth-order valence-electron chi connectivity index (χ4n) is 8.49. The summed E-state index contributed by atoms with van der Waals surface area (Å²) in [5.74, 6) is -0.461. The van der Waals surface area contributed by atoms with Gasteiger partial charge in [-0.25, -0.2) is 0 Å². The predicted octanol–water partition coefficient (Wildman–Crippen LogP) is 16.1. The molecule has 6 nitrogen and oxygen atoms in total. The average Bonchev–Trinajstić information content (AvgIpc) is 3.24. The molecule has 0 saturated carbocycles. The lowest BCUT2D eigenvalue weighted by Crippen LogP contribution is -2.46. The van der Waals surface area contributed by atoms with E-state index in [1.807, 2.05) is 0 Å². The number of aliphatic hydroxyl groups excluding tert-OH is 2. The van der Waals surface area contributed by atoms with Gasteiger partial charge in [0.15, 0.2) is 0 Å². The number of nitrogens with one attached hydrogen (secondary N) is 1. The molecule has 0 fully saturated rings. The molecule has 0 aliphatic rings. The molecular formula is C54H105NO5. The SMILES string of the molecule is CCCCCCCC/C=C/CCCCCCCCCC(CC(=O)NC(CO)C(O)CCCCCCCCCCCCCCCC)OC(=O)CCCCCCCCCCCC. The summed E-state index contributed by atoms with van der Waals surface area (Å²) in [4.78, 5) is 26.1. The van der Waals surface area contributed by atoms with Crippen molar-refractivity contribution in [2.75, 3.05) is 6.61 Å². The number of hydrogen-bond donors (Lipinski definition) is 3. The lowest BCUT2D eigenvalue weighted by Gasteiger charge is -2.24. The third-order valence-corrected chi connectivity index (χ3v) is 12.6. The Labute approximate surface area is 374 Å². The molecule has 3 unspecified atom stereocenters. The Morgan fingerprint density at radius 1 is 0.467 bits per heavy atom. The number of carbonyl (C=O) groups excluding carboxylic acids is 2. The highest BCUT2D eigenvalue weighted by Crippen LogP contribution is 2.18. The Morgan fingerprint density at radius 3 is 1.18 bits per heavy atom. The smallest absolute Gasteiger partial charge is 0.306 e. The lowest BCUT2D eigenvalue weighted by molar-refractivity contribution is -0.151. The van der Waals surface area contributed by atoms with Crippen LogP contribution in [-0.4, -0.2) is 46.9 Å². The molecule has 0 spiro atoms. The minimum absolute atomic E-state index is 0.0816. The molecule has 1 amide bonds. The van der Waals surface area contributed by atoms with Crippen LogP contribution in [0.25, 0.3) is 0 Å². The Balaban J connectivity index is 4.50. The summed E-state index contributed by atoms with van der Waals surface area (Å²) in [5.41, 5.74) is 0. The van der Waals surface area contributed by atoms with Crippen LogP contribution in [0.15, 0.2) is 12.2 Å². The highest BCUT2D eigenvalue weighted by Gasteiger charge is 2.24. The fourth-order valence-corrected chi connectivity index (χ4v) is 8.49. The van der Waals surface area contributed by atoms with Crippen molar-refractivity contribution < 1.29 is 24.5 Å². The molecule has 0 aliphatic carbocycles. The van der Waals surface area contributed by atoms with Gasteiger partial charge >= 0.3 is 5.97 Å². The van der Waals surface area contributed by atoms with E-state index in [0.717, 1.165) is 51.4 Å². The van der Waals surface area contributed by atoms with E-state index in [0.29, 0.717) is 19.3 Å².